The molecule has 0 N–H and O–H groups in total. The average Bonchev–Trinajstić information content (AvgIpc) is 2.64. The molecule has 3 rings (SSSR count). The van der Waals surface area contributed by atoms with Gasteiger partial charge in [-0.05, 0) is 6.08 Å². The summed E-state index contributed by atoms with van der Waals surface area (Å²) in [5.41, 5.74) is 0. The fourth-order valence-electron chi connectivity index (χ4n) is 2.47. The third-order valence-corrected chi connectivity index (χ3v) is 3.23. The molecule has 4 bridgehead atoms. The van der Waals surface area contributed by atoms with Gasteiger partial charge in [-0.15, -0.1) is 6.42 Å². The highest BCUT2D eigenvalue weighted by atomic mass is 16.7. The minimum absolute atomic E-state index is 0.141. The monoisotopic (exact) mass is 229 g/mol. The Hall–Kier alpha value is -2.02. The molecule has 0 aromatic heterocycles. The van der Waals surface area contributed by atoms with E-state index < -0.39 is 6.29 Å². The van der Waals surface area contributed by atoms with E-state index in [4.69, 9.17) is 15.9 Å². The number of nitrogens with zero attached hydrogens (tertiary/aromatic N) is 1. The van der Waals surface area contributed by atoms with Crippen molar-refractivity contribution in [3.8, 4) is 12.3 Å². The molecule has 0 amide bonds. The number of hydrogen-bond donors (Lipinski definition) is 0. The number of carbonyl (C=O) groups is 1. The van der Waals surface area contributed by atoms with Crippen LogP contribution in [0.25, 0.3) is 0 Å². The molecule has 17 heavy (non-hydrogen) atoms. The molecule has 4 atom stereocenters. The molecule has 0 saturated carbocycles. The lowest BCUT2D eigenvalue weighted by atomic mass is 9.83. The number of ether oxygens (including phenoxy) is 2. The van der Waals surface area contributed by atoms with Crippen LogP contribution in [0, 0.1) is 30.1 Å². The van der Waals surface area contributed by atoms with E-state index in [1.54, 1.807) is 6.21 Å². The molecule has 1 aliphatic carbocycles. The van der Waals surface area contributed by atoms with Gasteiger partial charge >= 0.3 is 5.97 Å². The fourth-order valence-corrected chi connectivity index (χ4v) is 2.47. The van der Waals surface area contributed by atoms with E-state index in [0.29, 0.717) is 12.3 Å². The second-order valence-corrected chi connectivity index (χ2v) is 4.23. The van der Waals surface area contributed by atoms with Crippen LogP contribution in [0.4, 0.5) is 0 Å². The molecule has 2 heterocycles. The molecule has 0 spiro atoms. The topological polar surface area (TPSA) is 47.9 Å². The average molecular weight is 229 g/mol. The van der Waals surface area contributed by atoms with Gasteiger partial charge in [0.25, 0.3) is 6.29 Å². The molecular formula is C13H11NO3. The second-order valence-electron chi connectivity index (χ2n) is 4.23. The van der Waals surface area contributed by atoms with E-state index in [-0.39, 0.29) is 23.7 Å². The Labute approximate surface area is 99.0 Å². The van der Waals surface area contributed by atoms with Crippen molar-refractivity contribution < 1.29 is 14.3 Å². The highest BCUT2D eigenvalue weighted by Crippen LogP contribution is 2.44. The quantitative estimate of drug-likeness (QED) is 0.306. The van der Waals surface area contributed by atoms with Crippen LogP contribution in [0.1, 0.15) is 0 Å². The summed E-state index contributed by atoms with van der Waals surface area (Å²) in [7, 11) is 0. The predicted octanol–water partition coefficient (Wildman–Crippen LogP) is 0.906. The van der Waals surface area contributed by atoms with Crippen LogP contribution in [0.2, 0.25) is 0 Å². The first-order valence-electron chi connectivity index (χ1n) is 5.50. The summed E-state index contributed by atoms with van der Waals surface area (Å²) in [5.74, 6) is 2.95. The molecule has 1 saturated heterocycles. The molecule has 3 aliphatic rings. The van der Waals surface area contributed by atoms with Crippen LogP contribution in [0.15, 0.2) is 29.0 Å². The Morgan fingerprint density at radius 1 is 1.41 bits per heavy atom. The van der Waals surface area contributed by atoms with Crippen LogP contribution in [0.5, 0.6) is 0 Å². The summed E-state index contributed by atoms with van der Waals surface area (Å²) in [4.78, 5) is 15.6. The number of carbonyl (C=O) groups excluding carboxylic acids is 1. The highest BCUT2D eigenvalue weighted by molar-refractivity contribution is 5.80. The maximum atomic E-state index is 11.6. The molecular weight excluding hydrogens is 218 g/mol. The van der Waals surface area contributed by atoms with Crippen LogP contribution in [-0.2, 0) is 14.3 Å². The second kappa shape index (κ2) is 3.77. The van der Waals surface area contributed by atoms with Gasteiger partial charge in [-0.2, -0.15) is 0 Å². The Balaban J connectivity index is 1.85. The van der Waals surface area contributed by atoms with Crippen LogP contribution in [-0.4, -0.2) is 25.0 Å². The molecule has 86 valence electrons. The van der Waals surface area contributed by atoms with E-state index in [9.17, 15) is 4.79 Å². The third-order valence-electron chi connectivity index (χ3n) is 3.23. The third kappa shape index (κ3) is 1.55. The van der Waals surface area contributed by atoms with E-state index in [1.165, 1.54) is 0 Å². The number of rotatable bonds is 2. The summed E-state index contributed by atoms with van der Waals surface area (Å²) in [6.07, 6.45) is 12.0. The molecule has 1 fully saturated rings. The molecule has 0 aromatic rings. The van der Waals surface area contributed by atoms with Crippen molar-refractivity contribution in [2.24, 2.45) is 22.7 Å². The first-order chi connectivity index (χ1) is 8.29. The first-order valence-corrected chi connectivity index (χ1v) is 5.50. The van der Waals surface area contributed by atoms with Crippen molar-refractivity contribution in [2.45, 2.75) is 6.29 Å². The normalized spacial score (nSPS) is 37.4. The fraction of sp³-hybridized carbons (Fsp3) is 0.385. The maximum absolute atomic E-state index is 11.6. The lowest BCUT2D eigenvalue weighted by molar-refractivity contribution is -0.200. The predicted molar refractivity (Wildman–Crippen MR) is 60.9 cm³/mol. The molecule has 4 heteroatoms. The number of allylic oxidation sites excluding steroid dienone is 2. The minimum Gasteiger partial charge on any atom is -0.453 e. The van der Waals surface area contributed by atoms with Gasteiger partial charge in [0.1, 0.15) is 5.76 Å². The Morgan fingerprint density at radius 3 is 3.12 bits per heavy atom. The van der Waals surface area contributed by atoms with Crippen LogP contribution >= 0.6 is 0 Å². The molecule has 0 radical (unpaired) electrons. The lowest BCUT2D eigenvalue weighted by Crippen LogP contribution is -2.44. The Kier molecular flexibility index (Phi) is 2.25. The van der Waals surface area contributed by atoms with Crippen molar-refractivity contribution in [3.05, 3.63) is 24.0 Å². The van der Waals surface area contributed by atoms with Crippen molar-refractivity contribution in [2.75, 3.05) is 6.54 Å². The Bertz CT molecular complexity index is 483. The van der Waals surface area contributed by atoms with Gasteiger partial charge in [0.15, 0.2) is 0 Å². The summed E-state index contributed by atoms with van der Waals surface area (Å²) in [6.45, 7) is 0.320. The van der Waals surface area contributed by atoms with E-state index in [1.807, 2.05) is 18.2 Å². The van der Waals surface area contributed by atoms with Crippen LogP contribution < -0.4 is 0 Å². The summed E-state index contributed by atoms with van der Waals surface area (Å²) < 4.78 is 10.8. The summed E-state index contributed by atoms with van der Waals surface area (Å²) in [6, 6.07) is 0. The first kappa shape index (κ1) is 10.2. The van der Waals surface area contributed by atoms with E-state index in [0.717, 1.165) is 0 Å². The largest absolute Gasteiger partial charge is 0.453 e. The van der Waals surface area contributed by atoms with Crippen molar-refractivity contribution in [1.29, 1.82) is 0 Å². The number of aliphatic imine (C=N–C) groups is 1. The zero-order chi connectivity index (χ0) is 11.8. The number of hydrogen-bond acceptors (Lipinski definition) is 4. The van der Waals surface area contributed by atoms with Crippen LogP contribution in [0.3, 0.4) is 0 Å². The zero-order valence-corrected chi connectivity index (χ0v) is 9.08. The highest BCUT2D eigenvalue weighted by Gasteiger charge is 2.50. The van der Waals surface area contributed by atoms with Gasteiger partial charge in [-0.3, -0.25) is 9.79 Å². The van der Waals surface area contributed by atoms with Crippen molar-refractivity contribution in [1.82, 2.24) is 0 Å². The van der Waals surface area contributed by atoms with Gasteiger partial charge in [0.05, 0.1) is 24.6 Å². The molecule has 2 aliphatic heterocycles. The smallest absolute Gasteiger partial charge is 0.316 e. The number of esters is 1. The standard InChI is InChI=1S/C13H11NO3/c1-2-5-14-7-8-6-11-9-3-4-10(11)13(16-8)17-12(9)15/h1,3-4,6-7,9-11,13H,5H2/t9-,10+,11-,13+/m1/s1. The van der Waals surface area contributed by atoms with E-state index >= 15 is 0 Å². The zero-order valence-electron chi connectivity index (χ0n) is 9.08. The molecule has 0 unspecified atom stereocenters. The van der Waals surface area contributed by atoms with Gasteiger partial charge in [-0.1, -0.05) is 18.1 Å². The molecule has 0 aromatic carbocycles. The van der Waals surface area contributed by atoms with E-state index in [2.05, 4.69) is 10.9 Å². The lowest BCUT2D eigenvalue weighted by Gasteiger charge is -2.37. The summed E-state index contributed by atoms with van der Waals surface area (Å²) >= 11 is 0. The molecule has 4 nitrogen and oxygen atoms in total. The minimum atomic E-state index is -0.514. The summed E-state index contributed by atoms with van der Waals surface area (Å²) in [5, 5.41) is 0. The van der Waals surface area contributed by atoms with Crippen molar-refractivity contribution in [3.63, 3.8) is 0 Å². The van der Waals surface area contributed by atoms with Crippen molar-refractivity contribution >= 4 is 12.2 Å². The van der Waals surface area contributed by atoms with Gasteiger partial charge < -0.3 is 9.47 Å². The van der Waals surface area contributed by atoms with Gasteiger partial charge in [-0.25, -0.2) is 0 Å². The van der Waals surface area contributed by atoms with Gasteiger partial charge in [0.2, 0.25) is 0 Å². The maximum Gasteiger partial charge on any atom is 0.316 e. The van der Waals surface area contributed by atoms with Gasteiger partial charge in [0, 0.05) is 5.92 Å². The SMILES string of the molecule is C#CCN=CC1=C[C@H]2[C@@H]3C=C[C@H]2C(=O)O[C@@H]3O1. The Morgan fingerprint density at radius 2 is 2.29 bits per heavy atom. The number of terminal acetylenes is 1.